The Labute approximate surface area is 98.5 Å². The van der Waals surface area contributed by atoms with E-state index < -0.39 is 5.97 Å². The van der Waals surface area contributed by atoms with Gasteiger partial charge in [0.15, 0.2) is 0 Å². The van der Waals surface area contributed by atoms with Gasteiger partial charge < -0.3 is 15.2 Å². The van der Waals surface area contributed by atoms with Crippen LogP contribution in [-0.4, -0.2) is 36.3 Å². The molecule has 1 heterocycles. The summed E-state index contributed by atoms with van der Waals surface area (Å²) >= 11 is 1.24. The lowest BCUT2D eigenvalue weighted by molar-refractivity contribution is 0.0701. The minimum atomic E-state index is -0.891. The maximum absolute atomic E-state index is 10.9. The number of thiazole rings is 1. The third-order valence-electron chi connectivity index (χ3n) is 2.03. The van der Waals surface area contributed by atoms with Crippen molar-refractivity contribution in [1.82, 2.24) is 10.3 Å². The SMILES string of the molecule is CCc1nc(CNCCOC)sc1C(=O)O. The van der Waals surface area contributed by atoms with Gasteiger partial charge in [0.2, 0.25) is 0 Å². The van der Waals surface area contributed by atoms with Crippen molar-refractivity contribution in [2.45, 2.75) is 19.9 Å². The quantitative estimate of drug-likeness (QED) is 0.704. The van der Waals surface area contributed by atoms with E-state index in [-0.39, 0.29) is 0 Å². The molecule has 1 rings (SSSR count). The molecule has 0 spiro atoms. The van der Waals surface area contributed by atoms with Crippen LogP contribution in [-0.2, 0) is 17.7 Å². The fraction of sp³-hybridized carbons (Fsp3) is 0.600. The summed E-state index contributed by atoms with van der Waals surface area (Å²) in [6.07, 6.45) is 0.649. The first kappa shape index (κ1) is 13.1. The van der Waals surface area contributed by atoms with E-state index >= 15 is 0 Å². The minimum absolute atomic E-state index is 0.353. The van der Waals surface area contributed by atoms with Crippen molar-refractivity contribution in [1.29, 1.82) is 0 Å². The summed E-state index contributed by atoms with van der Waals surface area (Å²) in [5.74, 6) is -0.891. The monoisotopic (exact) mass is 244 g/mol. The molecule has 5 nitrogen and oxygen atoms in total. The number of carbonyl (C=O) groups is 1. The summed E-state index contributed by atoms with van der Waals surface area (Å²) in [4.78, 5) is 15.5. The van der Waals surface area contributed by atoms with Gasteiger partial charge in [0.05, 0.1) is 12.3 Å². The molecule has 0 bridgehead atoms. The summed E-state index contributed by atoms with van der Waals surface area (Å²) in [7, 11) is 1.64. The average Bonchev–Trinajstić information content (AvgIpc) is 2.68. The molecule has 0 atom stereocenters. The van der Waals surface area contributed by atoms with E-state index in [9.17, 15) is 4.79 Å². The van der Waals surface area contributed by atoms with Crippen LogP contribution in [0.2, 0.25) is 0 Å². The van der Waals surface area contributed by atoms with E-state index in [0.29, 0.717) is 30.1 Å². The van der Waals surface area contributed by atoms with Gasteiger partial charge in [-0.25, -0.2) is 9.78 Å². The smallest absolute Gasteiger partial charge is 0.347 e. The second-order valence-electron chi connectivity index (χ2n) is 3.21. The van der Waals surface area contributed by atoms with Crippen molar-refractivity contribution >= 4 is 17.3 Å². The number of nitrogens with one attached hydrogen (secondary N) is 1. The molecular weight excluding hydrogens is 228 g/mol. The lowest BCUT2D eigenvalue weighted by Crippen LogP contribution is -2.18. The highest BCUT2D eigenvalue weighted by Crippen LogP contribution is 2.19. The van der Waals surface area contributed by atoms with Crippen LogP contribution < -0.4 is 5.32 Å². The van der Waals surface area contributed by atoms with Crippen molar-refractivity contribution < 1.29 is 14.6 Å². The number of aromatic nitrogens is 1. The van der Waals surface area contributed by atoms with Gasteiger partial charge >= 0.3 is 5.97 Å². The summed E-state index contributed by atoms with van der Waals surface area (Å²) in [6, 6.07) is 0. The lowest BCUT2D eigenvalue weighted by atomic mass is 10.3. The maximum atomic E-state index is 10.9. The molecule has 0 aliphatic heterocycles. The van der Waals surface area contributed by atoms with Gasteiger partial charge in [-0.15, -0.1) is 11.3 Å². The molecule has 1 aromatic heterocycles. The highest BCUT2D eigenvalue weighted by atomic mass is 32.1. The van der Waals surface area contributed by atoms with Crippen LogP contribution in [0.1, 0.15) is 27.3 Å². The molecule has 0 amide bonds. The van der Waals surface area contributed by atoms with Gasteiger partial charge in [-0.1, -0.05) is 6.92 Å². The molecule has 2 N–H and O–H groups in total. The van der Waals surface area contributed by atoms with E-state index in [1.807, 2.05) is 6.92 Å². The van der Waals surface area contributed by atoms with Crippen molar-refractivity contribution in [3.8, 4) is 0 Å². The normalized spacial score (nSPS) is 10.6. The van der Waals surface area contributed by atoms with E-state index in [4.69, 9.17) is 9.84 Å². The van der Waals surface area contributed by atoms with E-state index in [1.165, 1.54) is 11.3 Å². The zero-order valence-corrected chi connectivity index (χ0v) is 10.3. The highest BCUT2D eigenvalue weighted by molar-refractivity contribution is 7.13. The van der Waals surface area contributed by atoms with Crippen LogP contribution >= 0.6 is 11.3 Å². The molecule has 0 aromatic carbocycles. The number of methoxy groups -OCH3 is 1. The molecule has 0 saturated carbocycles. The Morgan fingerprint density at radius 3 is 2.88 bits per heavy atom. The number of hydrogen-bond acceptors (Lipinski definition) is 5. The lowest BCUT2D eigenvalue weighted by Gasteiger charge is -1.99. The summed E-state index contributed by atoms with van der Waals surface area (Å²) in [6.45, 7) is 3.87. The van der Waals surface area contributed by atoms with E-state index in [1.54, 1.807) is 7.11 Å². The summed E-state index contributed by atoms with van der Waals surface area (Å²) in [5.41, 5.74) is 0.668. The largest absolute Gasteiger partial charge is 0.477 e. The first-order valence-electron chi connectivity index (χ1n) is 5.10. The van der Waals surface area contributed by atoms with Crippen LogP contribution in [0.25, 0.3) is 0 Å². The second-order valence-corrected chi connectivity index (χ2v) is 4.30. The summed E-state index contributed by atoms with van der Waals surface area (Å²) in [5, 5.41) is 12.9. The molecule has 6 heteroatoms. The number of carboxylic acids is 1. The van der Waals surface area contributed by atoms with Crippen LogP contribution in [0, 0.1) is 0 Å². The van der Waals surface area contributed by atoms with Gasteiger partial charge in [-0.3, -0.25) is 0 Å². The predicted molar refractivity (Wildman–Crippen MR) is 62.0 cm³/mol. The van der Waals surface area contributed by atoms with Gasteiger partial charge in [0.25, 0.3) is 0 Å². The fourth-order valence-electron chi connectivity index (χ4n) is 1.25. The Balaban J connectivity index is 2.57. The maximum Gasteiger partial charge on any atom is 0.347 e. The number of aryl methyl sites for hydroxylation is 1. The molecule has 16 heavy (non-hydrogen) atoms. The number of rotatable bonds is 7. The fourth-order valence-corrected chi connectivity index (χ4v) is 2.21. The number of hydrogen-bond donors (Lipinski definition) is 2. The molecule has 0 unspecified atom stereocenters. The zero-order chi connectivity index (χ0) is 12.0. The average molecular weight is 244 g/mol. The predicted octanol–water partition coefficient (Wildman–Crippen LogP) is 1.14. The van der Waals surface area contributed by atoms with Gasteiger partial charge in [-0.05, 0) is 6.42 Å². The van der Waals surface area contributed by atoms with Crippen LogP contribution in [0.15, 0.2) is 0 Å². The number of nitrogens with zero attached hydrogens (tertiary/aromatic N) is 1. The molecule has 0 saturated heterocycles. The highest BCUT2D eigenvalue weighted by Gasteiger charge is 2.15. The van der Waals surface area contributed by atoms with Crippen LogP contribution in [0.3, 0.4) is 0 Å². The van der Waals surface area contributed by atoms with Crippen molar-refractivity contribution in [2.24, 2.45) is 0 Å². The topological polar surface area (TPSA) is 71.5 Å². The molecular formula is C10H16N2O3S. The Hall–Kier alpha value is -0.980. The van der Waals surface area contributed by atoms with Gasteiger partial charge in [-0.2, -0.15) is 0 Å². The van der Waals surface area contributed by atoms with Gasteiger partial charge in [0.1, 0.15) is 9.88 Å². The number of aromatic carboxylic acids is 1. The van der Waals surface area contributed by atoms with E-state index in [2.05, 4.69) is 10.3 Å². The standard InChI is InChI=1S/C10H16N2O3S/c1-3-7-9(10(13)14)16-8(12-7)6-11-4-5-15-2/h11H,3-6H2,1-2H3,(H,13,14). The molecule has 0 fully saturated rings. The molecule has 90 valence electrons. The third-order valence-corrected chi connectivity index (χ3v) is 3.12. The van der Waals surface area contributed by atoms with Crippen molar-refractivity contribution in [2.75, 3.05) is 20.3 Å². The Bertz CT molecular complexity index is 352. The first-order valence-corrected chi connectivity index (χ1v) is 5.92. The summed E-state index contributed by atoms with van der Waals surface area (Å²) < 4.78 is 4.89. The molecule has 0 aliphatic rings. The van der Waals surface area contributed by atoms with E-state index in [0.717, 1.165) is 11.6 Å². The van der Waals surface area contributed by atoms with Crippen LogP contribution in [0.4, 0.5) is 0 Å². The van der Waals surface area contributed by atoms with Crippen molar-refractivity contribution in [3.63, 3.8) is 0 Å². The second kappa shape index (κ2) is 6.57. The van der Waals surface area contributed by atoms with Crippen LogP contribution in [0.5, 0.6) is 0 Å². The zero-order valence-electron chi connectivity index (χ0n) is 9.45. The first-order chi connectivity index (χ1) is 7.69. The molecule has 1 aromatic rings. The Kier molecular flexibility index (Phi) is 5.37. The Morgan fingerprint density at radius 1 is 1.62 bits per heavy atom. The molecule has 0 aliphatic carbocycles. The number of ether oxygens (including phenoxy) is 1. The number of carboxylic acid groups (broad SMARTS) is 1. The Morgan fingerprint density at radius 2 is 2.38 bits per heavy atom. The minimum Gasteiger partial charge on any atom is -0.477 e. The molecule has 0 radical (unpaired) electrons. The van der Waals surface area contributed by atoms with Gasteiger partial charge in [0, 0.05) is 20.2 Å². The van der Waals surface area contributed by atoms with Crippen molar-refractivity contribution in [3.05, 3.63) is 15.6 Å². The third kappa shape index (κ3) is 3.55.